The molecule has 1 aromatic rings. The molecule has 0 radical (unpaired) electrons. The average Bonchev–Trinajstić information content (AvgIpc) is 2.58. The molecular weight excluding hydrogens is 214 g/mol. The minimum absolute atomic E-state index is 0.0159. The summed E-state index contributed by atoms with van der Waals surface area (Å²) in [4.78, 5) is 12.2. The van der Waals surface area contributed by atoms with Crippen molar-refractivity contribution >= 4 is 11.6 Å². The number of anilines is 1. The van der Waals surface area contributed by atoms with Crippen molar-refractivity contribution in [3.8, 4) is 0 Å². The number of carbonyl (C=O) groups is 1. The van der Waals surface area contributed by atoms with Crippen LogP contribution in [0.4, 0.5) is 5.69 Å². The van der Waals surface area contributed by atoms with Gasteiger partial charge in [0, 0.05) is 17.8 Å². The molecule has 0 atom stereocenters. The van der Waals surface area contributed by atoms with Crippen molar-refractivity contribution in [2.75, 3.05) is 5.73 Å². The third kappa shape index (κ3) is 2.30. The SMILES string of the molecule is CC(C)n1cc(N)cc1C(=O)NC1(C)CCC1. The van der Waals surface area contributed by atoms with Crippen LogP contribution in [-0.2, 0) is 0 Å². The van der Waals surface area contributed by atoms with Gasteiger partial charge in [0.1, 0.15) is 5.69 Å². The van der Waals surface area contributed by atoms with Crippen molar-refractivity contribution in [3.05, 3.63) is 18.0 Å². The van der Waals surface area contributed by atoms with Crippen LogP contribution in [0.5, 0.6) is 0 Å². The lowest BCUT2D eigenvalue weighted by Gasteiger charge is -2.39. The highest BCUT2D eigenvalue weighted by Gasteiger charge is 2.34. The number of amides is 1. The van der Waals surface area contributed by atoms with Crippen LogP contribution in [0.1, 0.15) is 56.6 Å². The summed E-state index contributed by atoms with van der Waals surface area (Å²) in [7, 11) is 0. The number of hydrogen-bond donors (Lipinski definition) is 2. The molecule has 1 amide bonds. The molecular formula is C13H21N3O. The van der Waals surface area contributed by atoms with Gasteiger partial charge in [-0.1, -0.05) is 0 Å². The van der Waals surface area contributed by atoms with E-state index in [0.717, 1.165) is 12.8 Å². The number of rotatable bonds is 3. The van der Waals surface area contributed by atoms with E-state index in [4.69, 9.17) is 5.73 Å². The molecule has 4 heteroatoms. The van der Waals surface area contributed by atoms with Gasteiger partial charge in [0.05, 0.1) is 5.69 Å². The Morgan fingerprint density at radius 2 is 2.18 bits per heavy atom. The summed E-state index contributed by atoms with van der Waals surface area (Å²) < 4.78 is 1.92. The van der Waals surface area contributed by atoms with Gasteiger partial charge < -0.3 is 15.6 Å². The van der Waals surface area contributed by atoms with Crippen molar-refractivity contribution in [2.24, 2.45) is 0 Å². The third-order valence-electron chi connectivity index (χ3n) is 3.53. The van der Waals surface area contributed by atoms with Gasteiger partial charge in [0.25, 0.3) is 5.91 Å². The van der Waals surface area contributed by atoms with Crippen LogP contribution in [0.25, 0.3) is 0 Å². The highest BCUT2D eigenvalue weighted by Crippen LogP contribution is 2.31. The quantitative estimate of drug-likeness (QED) is 0.844. The lowest BCUT2D eigenvalue weighted by atomic mass is 9.78. The Hall–Kier alpha value is -1.45. The summed E-state index contributed by atoms with van der Waals surface area (Å²) in [5, 5.41) is 3.10. The van der Waals surface area contributed by atoms with E-state index in [0.29, 0.717) is 11.4 Å². The zero-order chi connectivity index (χ0) is 12.6. The normalized spacial score (nSPS) is 17.9. The molecule has 0 unspecified atom stereocenters. The zero-order valence-corrected chi connectivity index (χ0v) is 10.8. The molecule has 1 heterocycles. The fourth-order valence-electron chi connectivity index (χ4n) is 2.28. The van der Waals surface area contributed by atoms with Gasteiger partial charge in [-0.25, -0.2) is 0 Å². The van der Waals surface area contributed by atoms with Crippen molar-refractivity contribution in [2.45, 2.75) is 51.6 Å². The molecule has 2 rings (SSSR count). The lowest BCUT2D eigenvalue weighted by molar-refractivity contribution is 0.0839. The van der Waals surface area contributed by atoms with Gasteiger partial charge in [-0.15, -0.1) is 0 Å². The molecule has 3 N–H and O–H groups in total. The van der Waals surface area contributed by atoms with Gasteiger partial charge in [-0.2, -0.15) is 0 Å². The molecule has 1 aliphatic carbocycles. The summed E-state index contributed by atoms with van der Waals surface area (Å²) in [5.41, 5.74) is 7.05. The number of nitrogens with one attached hydrogen (secondary N) is 1. The zero-order valence-electron chi connectivity index (χ0n) is 10.8. The minimum atomic E-state index is -0.0161. The highest BCUT2D eigenvalue weighted by molar-refractivity contribution is 5.94. The molecule has 0 aromatic carbocycles. The Morgan fingerprint density at radius 3 is 2.65 bits per heavy atom. The van der Waals surface area contributed by atoms with E-state index in [1.165, 1.54) is 6.42 Å². The molecule has 1 saturated carbocycles. The number of hydrogen-bond acceptors (Lipinski definition) is 2. The van der Waals surface area contributed by atoms with Crippen LogP contribution in [0.3, 0.4) is 0 Å². The van der Waals surface area contributed by atoms with Crippen molar-refractivity contribution in [1.29, 1.82) is 0 Å². The number of nitrogen functional groups attached to an aromatic ring is 1. The second-order valence-electron chi connectivity index (χ2n) is 5.53. The molecule has 1 aliphatic rings. The van der Waals surface area contributed by atoms with Gasteiger partial charge in [-0.3, -0.25) is 4.79 Å². The van der Waals surface area contributed by atoms with Crippen molar-refractivity contribution in [3.63, 3.8) is 0 Å². The molecule has 94 valence electrons. The van der Waals surface area contributed by atoms with Gasteiger partial charge in [0.2, 0.25) is 0 Å². The van der Waals surface area contributed by atoms with E-state index >= 15 is 0 Å². The summed E-state index contributed by atoms with van der Waals surface area (Å²) in [6.45, 7) is 6.18. The average molecular weight is 235 g/mol. The Balaban J connectivity index is 2.18. The number of nitrogens with two attached hydrogens (primary N) is 1. The van der Waals surface area contributed by atoms with Crippen molar-refractivity contribution < 1.29 is 4.79 Å². The lowest BCUT2D eigenvalue weighted by Crippen LogP contribution is -2.51. The van der Waals surface area contributed by atoms with Crippen LogP contribution in [0, 0.1) is 0 Å². The summed E-state index contributed by atoms with van der Waals surface area (Å²) >= 11 is 0. The predicted octanol–water partition coefficient (Wildman–Crippen LogP) is 2.32. The largest absolute Gasteiger partial charge is 0.397 e. The maximum Gasteiger partial charge on any atom is 0.268 e. The first kappa shape index (κ1) is 12.0. The Labute approximate surface area is 102 Å². The van der Waals surface area contributed by atoms with E-state index < -0.39 is 0 Å². The van der Waals surface area contributed by atoms with Crippen LogP contribution < -0.4 is 11.1 Å². The second-order valence-corrected chi connectivity index (χ2v) is 5.53. The van der Waals surface area contributed by atoms with Crippen molar-refractivity contribution in [1.82, 2.24) is 9.88 Å². The Kier molecular flexibility index (Phi) is 2.89. The van der Waals surface area contributed by atoms with E-state index in [2.05, 4.69) is 12.2 Å². The van der Waals surface area contributed by atoms with Crippen LogP contribution in [0.15, 0.2) is 12.3 Å². The number of aromatic nitrogens is 1. The maximum atomic E-state index is 12.2. The molecule has 0 aliphatic heterocycles. The van der Waals surface area contributed by atoms with Gasteiger partial charge >= 0.3 is 0 Å². The fourth-order valence-corrected chi connectivity index (χ4v) is 2.28. The summed E-state index contributed by atoms with van der Waals surface area (Å²) in [6, 6.07) is 1.99. The van der Waals surface area contributed by atoms with Crippen LogP contribution >= 0.6 is 0 Å². The van der Waals surface area contributed by atoms with E-state index in [9.17, 15) is 4.79 Å². The molecule has 0 saturated heterocycles. The molecule has 0 bridgehead atoms. The minimum Gasteiger partial charge on any atom is -0.397 e. The predicted molar refractivity (Wildman–Crippen MR) is 69.0 cm³/mol. The summed E-state index contributed by atoms with van der Waals surface area (Å²) in [6.07, 6.45) is 5.15. The Morgan fingerprint density at radius 1 is 1.53 bits per heavy atom. The topological polar surface area (TPSA) is 60.0 Å². The first-order chi connectivity index (χ1) is 7.91. The molecule has 17 heavy (non-hydrogen) atoms. The molecule has 1 fully saturated rings. The van der Waals surface area contributed by atoms with E-state index in [1.54, 1.807) is 6.07 Å². The standard InChI is InChI=1S/C13H21N3O/c1-9(2)16-8-10(14)7-11(16)12(17)15-13(3)5-4-6-13/h7-9H,4-6,14H2,1-3H3,(H,15,17). The van der Waals surface area contributed by atoms with Gasteiger partial charge in [-0.05, 0) is 46.1 Å². The first-order valence-corrected chi connectivity index (χ1v) is 6.21. The smallest absolute Gasteiger partial charge is 0.268 e. The third-order valence-corrected chi connectivity index (χ3v) is 3.53. The van der Waals surface area contributed by atoms with E-state index in [-0.39, 0.29) is 17.5 Å². The fraction of sp³-hybridized carbons (Fsp3) is 0.615. The number of nitrogens with zero attached hydrogens (tertiary/aromatic N) is 1. The monoisotopic (exact) mass is 235 g/mol. The molecule has 1 aromatic heterocycles. The number of carbonyl (C=O) groups excluding carboxylic acids is 1. The molecule has 0 spiro atoms. The summed E-state index contributed by atoms with van der Waals surface area (Å²) in [5.74, 6) is -0.0161. The van der Waals surface area contributed by atoms with Crippen LogP contribution in [-0.4, -0.2) is 16.0 Å². The highest BCUT2D eigenvalue weighted by atomic mass is 16.2. The Bertz CT molecular complexity index is 430. The first-order valence-electron chi connectivity index (χ1n) is 6.21. The van der Waals surface area contributed by atoms with Gasteiger partial charge in [0.15, 0.2) is 0 Å². The molecule has 4 nitrogen and oxygen atoms in total. The van der Waals surface area contributed by atoms with E-state index in [1.807, 2.05) is 24.6 Å². The van der Waals surface area contributed by atoms with Crippen LogP contribution in [0.2, 0.25) is 0 Å². The second kappa shape index (κ2) is 4.09. The maximum absolute atomic E-state index is 12.2.